The van der Waals surface area contributed by atoms with Crippen molar-refractivity contribution in [3.63, 3.8) is 0 Å². The molecule has 0 saturated heterocycles. The topological polar surface area (TPSA) is 102 Å². The van der Waals surface area contributed by atoms with Gasteiger partial charge in [0.25, 0.3) is 0 Å². The smallest absolute Gasteiger partial charge is 0.338 e. The molecule has 0 spiro atoms. The van der Waals surface area contributed by atoms with E-state index in [1.54, 1.807) is 17.8 Å². The van der Waals surface area contributed by atoms with E-state index < -0.39 is 17.9 Å². The van der Waals surface area contributed by atoms with E-state index in [2.05, 4.69) is 15.5 Å². The maximum Gasteiger partial charge on any atom is 0.338 e. The van der Waals surface area contributed by atoms with Gasteiger partial charge in [-0.3, -0.25) is 14.2 Å². The van der Waals surface area contributed by atoms with Crippen LogP contribution in [0.2, 0.25) is 5.02 Å². The van der Waals surface area contributed by atoms with Gasteiger partial charge in [-0.2, -0.15) is 10.2 Å². The van der Waals surface area contributed by atoms with Gasteiger partial charge < -0.3 is 10.4 Å². The first-order valence-corrected chi connectivity index (χ1v) is 8.58. The highest BCUT2D eigenvalue weighted by atomic mass is 35.5. The quantitative estimate of drug-likeness (QED) is 0.677. The van der Waals surface area contributed by atoms with E-state index >= 15 is 0 Å². The minimum Gasteiger partial charge on any atom is -0.478 e. The Balaban J connectivity index is 1.69. The fourth-order valence-corrected chi connectivity index (χ4v) is 2.64. The van der Waals surface area contributed by atoms with Crippen LogP contribution in [0.1, 0.15) is 34.5 Å². The SMILES string of the molecule is Cc1ccc(Cn2cc(Cl)c(NC(=O)C(C)n3cc(C(=O)O)cn3)n2)cc1. The summed E-state index contributed by atoms with van der Waals surface area (Å²) in [6, 6.07) is 7.31. The molecule has 2 aromatic heterocycles. The lowest BCUT2D eigenvalue weighted by atomic mass is 10.1. The summed E-state index contributed by atoms with van der Waals surface area (Å²) >= 11 is 6.18. The Morgan fingerprint density at radius 3 is 2.59 bits per heavy atom. The summed E-state index contributed by atoms with van der Waals surface area (Å²) in [6.07, 6.45) is 4.12. The number of benzene rings is 1. The van der Waals surface area contributed by atoms with Crippen LogP contribution in [0.15, 0.2) is 42.9 Å². The number of carboxylic acids is 1. The van der Waals surface area contributed by atoms with Crippen molar-refractivity contribution in [2.75, 3.05) is 5.32 Å². The van der Waals surface area contributed by atoms with Crippen molar-refractivity contribution in [2.45, 2.75) is 26.4 Å². The van der Waals surface area contributed by atoms with Gasteiger partial charge in [0, 0.05) is 12.4 Å². The van der Waals surface area contributed by atoms with Crippen molar-refractivity contribution in [3.8, 4) is 0 Å². The fraction of sp³-hybridized carbons (Fsp3) is 0.222. The highest BCUT2D eigenvalue weighted by molar-refractivity contribution is 6.33. The van der Waals surface area contributed by atoms with Gasteiger partial charge in [-0.1, -0.05) is 41.4 Å². The van der Waals surface area contributed by atoms with Crippen LogP contribution in [0.25, 0.3) is 0 Å². The molecule has 0 aliphatic carbocycles. The summed E-state index contributed by atoms with van der Waals surface area (Å²) in [5, 5.41) is 20.1. The van der Waals surface area contributed by atoms with Gasteiger partial charge in [-0.25, -0.2) is 4.79 Å². The number of hydrogen-bond donors (Lipinski definition) is 2. The molecule has 27 heavy (non-hydrogen) atoms. The molecule has 140 valence electrons. The molecule has 3 aromatic rings. The van der Waals surface area contributed by atoms with Crippen LogP contribution in [0.4, 0.5) is 5.82 Å². The Bertz CT molecular complexity index is 977. The number of nitrogens with one attached hydrogen (secondary N) is 1. The summed E-state index contributed by atoms with van der Waals surface area (Å²) in [7, 11) is 0. The number of carbonyl (C=O) groups is 2. The summed E-state index contributed by atoms with van der Waals surface area (Å²) in [4.78, 5) is 23.4. The van der Waals surface area contributed by atoms with E-state index in [0.29, 0.717) is 11.6 Å². The molecule has 2 heterocycles. The number of carboxylic acid groups (broad SMARTS) is 1. The summed E-state index contributed by atoms with van der Waals surface area (Å²) < 4.78 is 2.92. The molecule has 9 heteroatoms. The molecule has 0 fully saturated rings. The number of carbonyl (C=O) groups excluding carboxylic acids is 1. The van der Waals surface area contributed by atoms with Crippen molar-refractivity contribution >= 4 is 29.3 Å². The van der Waals surface area contributed by atoms with Crippen molar-refractivity contribution < 1.29 is 14.7 Å². The van der Waals surface area contributed by atoms with Crippen molar-refractivity contribution in [1.29, 1.82) is 0 Å². The Hall–Kier alpha value is -3.13. The number of aromatic nitrogens is 4. The number of anilines is 1. The molecule has 1 amide bonds. The lowest BCUT2D eigenvalue weighted by Gasteiger charge is -2.11. The van der Waals surface area contributed by atoms with Crippen LogP contribution in [0, 0.1) is 6.92 Å². The number of aromatic carboxylic acids is 1. The molecule has 3 rings (SSSR count). The van der Waals surface area contributed by atoms with Crippen molar-refractivity contribution in [2.24, 2.45) is 0 Å². The third-order valence-corrected chi connectivity index (χ3v) is 4.33. The molecule has 0 saturated carbocycles. The fourth-order valence-electron chi connectivity index (χ4n) is 2.44. The van der Waals surface area contributed by atoms with Gasteiger partial charge in [0.15, 0.2) is 5.82 Å². The molecular formula is C18H18ClN5O3. The largest absolute Gasteiger partial charge is 0.478 e. The van der Waals surface area contributed by atoms with Crippen molar-refractivity contribution in [1.82, 2.24) is 19.6 Å². The average molecular weight is 388 g/mol. The third kappa shape index (κ3) is 4.35. The van der Waals surface area contributed by atoms with Crippen LogP contribution < -0.4 is 5.32 Å². The van der Waals surface area contributed by atoms with E-state index in [9.17, 15) is 9.59 Å². The van der Waals surface area contributed by atoms with Crippen LogP contribution in [0.3, 0.4) is 0 Å². The molecule has 0 aliphatic heterocycles. The zero-order valence-corrected chi connectivity index (χ0v) is 15.5. The van der Waals surface area contributed by atoms with Crippen LogP contribution in [0.5, 0.6) is 0 Å². The molecule has 1 unspecified atom stereocenters. The van der Waals surface area contributed by atoms with Gasteiger partial charge >= 0.3 is 5.97 Å². The second kappa shape index (κ2) is 7.63. The summed E-state index contributed by atoms with van der Waals surface area (Å²) in [5.74, 6) is -1.27. The predicted octanol–water partition coefficient (Wildman–Crippen LogP) is 2.99. The highest BCUT2D eigenvalue weighted by Gasteiger charge is 2.20. The molecule has 8 nitrogen and oxygen atoms in total. The summed E-state index contributed by atoms with van der Waals surface area (Å²) in [6.45, 7) is 4.14. The zero-order valence-electron chi connectivity index (χ0n) is 14.8. The Morgan fingerprint density at radius 2 is 1.96 bits per heavy atom. The van der Waals surface area contributed by atoms with Crippen LogP contribution in [-0.2, 0) is 11.3 Å². The number of nitrogens with zero attached hydrogens (tertiary/aromatic N) is 4. The lowest BCUT2D eigenvalue weighted by molar-refractivity contribution is -0.119. The van der Waals surface area contributed by atoms with Gasteiger partial charge in [-0.05, 0) is 19.4 Å². The minimum atomic E-state index is -1.10. The average Bonchev–Trinajstić information content (AvgIpc) is 3.24. The first kappa shape index (κ1) is 18.7. The Labute approximate surface area is 160 Å². The standard InChI is InChI=1S/C18H18ClN5O3/c1-11-3-5-13(6-4-11)8-23-10-15(19)16(22-23)21-17(25)12(2)24-9-14(7-20-24)18(26)27/h3-7,9-10,12H,8H2,1-2H3,(H,26,27)(H,21,22,25). The van der Waals surface area contributed by atoms with Crippen LogP contribution in [-0.4, -0.2) is 36.5 Å². The molecule has 1 atom stereocenters. The van der Waals surface area contributed by atoms with E-state index in [0.717, 1.165) is 5.56 Å². The minimum absolute atomic E-state index is 0.00931. The molecule has 2 N–H and O–H groups in total. The first-order valence-electron chi connectivity index (χ1n) is 8.20. The molecule has 0 bridgehead atoms. The van der Waals surface area contributed by atoms with E-state index in [-0.39, 0.29) is 11.4 Å². The second-order valence-electron chi connectivity index (χ2n) is 6.19. The zero-order chi connectivity index (χ0) is 19.6. The monoisotopic (exact) mass is 387 g/mol. The Morgan fingerprint density at radius 1 is 1.26 bits per heavy atom. The van der Waals surface area contributed by atoms with E-state index in [1.807, 2.05) is 31.2 Å². The maximum absolute atomic E-state index is 12.4. The van der Waals surface area contributed by atoms with Crippen LogP contribution >= 0.6 is 11.6 Å². The number of amides is 1. The lowest BCUT2D eigenvalue weighted by Crippen LogP contribution is -2.24. The third-order valence-electron chi connectivity index (χ3n) is 4.05. The number of aryl methyl sites for hydroxylation is 1. The summed E-state index contributed by atoms with van der Waals surface area (Å²) in [5.41, 5.74) is 2.24. The predicted molar refractivity (Wildman–Crippen MR) is 100 cm³/mol. The highest BCUT2D eigenvalue weighted by Crippen LogP contribution is 2.21. The molecule has 0 aliphatic rings. The van der Waals surface area contributed by atoms with Gasteiger partial charge in [0.05, 0.1) is 18.3 Å². The number of hydrogen-bond acceptors (Lipinski definition) is 4. The molecule has 0 radical (unpaired) electrons. The Kier molecular flexibility index (Phi) is 5.27. The van der Waals surface area contributed by atoms with Gasteiger partial charge in [0.1, 0.15) is 11.1 Å². The first-order chi connectivity index (χ1) is 12.8. The number of halogens is 1. The molecule has 1 aromatic carbocycles. The van der Waals surface area contributed by atoms with Crippen molar-refractivity contribution in [3.05, 3.63) is 64.6 Å². The van der Waals surface area contributed by atoms with E-state index in [4.69, 9.17) is 16.7 Å². The van der Waals surface area contributed by atoms with Gasteiger partial charge in [-0.15, -0.1) is 0 Å². The normalized spacial score (nSPS) is 12.0. The molecular weight excluding hydrogens is 370 g/mol. The maximum atomic E-state index is 12.4. The number of rotatable bonds is 6. The second-order valence-corrected chi connectivity index (χ2v) is 6.60. The van der Waals surface area contributed by atoms with Gasteiger partial charge in [0.2, 0.25) is 5.91 Å². The van der Waals surface area contributed by atoms with E-state index in [1.165, 1.54) is 22.6 Å².